The van der Waals surface area contributed by atoms with Gasteiger partial charge in [0, 0.05) is 19.6 Å². The highest BCUT2D eigenvalue weighted by Crippen LogP contribution is 2.27. The number of hydrogen-bond donors (Lipinski definition) is 1. The molecule has 1 heterocycles. The van der Waals surface area contributed by atoms with Crippen molar-refractivity contribution in [2.45, 2.75) is 27.2 Å². The van der Waals surface area contributed by atoms with Gasteiger partial charge in [0.15, 0.2) is 0 Å². The summed E-state index contributed by atoms with van der Waals surface area (Å²) in [5.41, 5.74) is -0.143. The second-order valence-electron chi connectivity index (χ2n) is 4.94. The Balaban J connectivity index is 3.20. The summed E-state index contributed by atoms with van der Waals surface area (Å²) in [6, 6.07) is 2.06. The third kappa shape index (κ3) is 4.87. The summed E-state index contributed by atoms with van der Waals surface area (Å²) in [6.45, 7) is 7.53. The Kier molecular flexibility index (Phi) is 6.33. The maximum atomic E-state index is 11.2. The Morgan fingerprint density at radius 2 is 2.29 bits per heavy atom. The van der Waals surface area contributed by atoms with E-state index >= 15 is 0 Å². The Bertz CT molecular complexity index is 526. The quantitative estimate of drug-likeness (QED) is 0.577. The SMILES string of the molecule is CCNc1ncc([N+](=O)[O-])c(N(CCC#N)CC(C)C)n1. The average molecular weight is 292 g/mol. The zero-order valence-electron chi connectivity index (χ0n) is 12.5. The molecule has 0 unspecified atom stereocenters. The highest BCUT2D eigenvalue weighted by Gasteiger charge is 2.23. The number of rotatable bonds is 8. The first-order valence-corrected chi connectivity index (χ1v) is 6.86. The van der Waals surface area contributed by atoms with Gasteiger partial charge in [-0.05, 0) is 12.8 Å². The molecule has 0 spiro atoms. The summed E-state index contributed by atoms with van der Waals surface area (Å²) in [7, 11) is 0. The van der Waals surface area contributed by atoms with Crippen LogP contribution in [-0.2, 0) is 0 Å². The summed E-state index contributed by atoms with van der Waals surface area (Å²) in [4.78, 5) is 20.6. The highest BCUT2D eigenvalue weighted by atomic mass is 16.6. The van der Waals surface area contributed by atoms with Gasteiger partial charge in [0.2, 0.25) is 11.8 Å². The Morgan fingerprint density at radius 3 is 2.81 bits per heavy atom. The van der Waals surface area contributed by atoms with E-state index in [0.29, 0.717) is 31.5 Å². The maximum absolute atomic E-state index is 11.2. The van der Waals surface area contributed by atoms with Crippen LogP contribution in [0.5, 0.6) is 0 Å². The largest absolute Gasteiger partial charge is 0.354 e. The van der Waals surface area contributed by atoms with Crippen molar-refractivity contribution in [1.29, 1.82) is 5.26 Å². The van der Waals surface area contributed by atoms with Gasteiger partial charge >= 0.3 is 5.69 Å². The van der Waals surface area contributed by atoms with Crippen LogP contribution in [-0.4, -0.2) is 34.5 Å². The smallest absolute Gasteiger partial charge is 0.329 e. The van der Waals surface area contributed by atoms with Gasteiger partial charge in [0.05, 0.1) is 17.4 Å². The monoisotopic (exact) mass is 292 g/mol. The number of aromatic nitrogens is 2. The number of nitro groups is 1. The molecule has 0 atom stereocenters. The molecule has 0 fully saturated rings. The van der Waals surface area contributed by atoms with Crippen molar-refractivity contribution in [3.63, 3.8) is 0 Å². The number of nitriles is 1. The van der Waals surface area contributed by atoms with Crippen LogP contribution in [0.25, 0.3) is 0 Å². The zero-order valence-corrected chi connectivity index (χ0v) is 12.5. The minimum atomic E-state index is -0.495. The van der Waals surface area contributed by atoms with Gasteiger partial charge in [-0.25, -0.2) is 4.98 Å². The topological polar surface area (TPSA) is 108 Å². The van der Waals surface area contributed by atoms with Gasteiger partial charge in [-0.1, -0.05) is 13.8 Å². The summed E-state index contributed by atoms with van der Waals surface area (Å²) in [6.07, 6.45) is 1.49. The molecule has 0 amide bonds. The van der Waals surface area contributed by atoms with Crippen molar-refractivity contribution >= 4 is 17.5 Å². The molecule has 21 heavy (non-hydrogen) atoms. The van der Waals surface area contributed by atoms with Crippen molar-refractivity contribution in [2.24, 2.45) is 5.92 Å². The van der Waals surface area contributed by atoms with Crippen LogP contribution < -0.4 is 10.2 Å². The fourth-order valence-corrected chi connectivity index (χ4v) is 1.88. The van der Waals surface area contributed by atoms with E-state index < -0.39 is 4.92 Å². The third-order valence-corrected chi connectivity index (χ3v) is 2.66. The molecule has 0 aliphatic carbocycles. The highest BCUT2D eigenvalue weighted by molar-refractivity contribution is 5.59. The van der Waals surface area contributed by atoms with Gasteiger partial charge in [-0.3, -0.25) is 10.1 Å². The van der Waals surface area contributed by atoms with E-state index in [1.807, 2.05) is 20.8 Å². The molecular weight excluding hydrogens is 272 g/mol. The Labute approximate surface area is 124 Å². The first kappa shape index (κ1) is 16.6. The molecule has 8 heteroatoms. The fourth-order valence-electron chi connectivity index (χ4n) is 1.88. The second kappa shape index (κ2) is 7.99. The molecule has 1 N–H and O–H groups in total. The van der Waals surface area contributed by atoms with Gasteiger partial charge < -0.3 is 10.2 Å². The average Bonchev–Trinajstić information content (AvgIpc) is 2.43. The first-order valence-electron chi connectivity index (χ1n) is 6.86. The molecule has 0 aliphatic rings. The maximum Gasteiger partial charge on any atom is 0.329 e. The lowest BCUT2D eigenvalue weighted by molar-refractivity contribution is -0.384. The predicted octanol–water partition coefficient (Wildman–Crippen LogP) is 2.19. The molecule has 0 saturated heterocycles. The lowest BCUT2D eigenvalue weighted by Crippen LogP contribution is -2.30. The van der Waals surface area contributed by atoms with Crippen LogP contribution in [0.4, 0.5) is 17.5 Å². The lowest BCUT2D eigenvalue weighted by atomic mass is 10.2. The van der Waals surface area contributed by atoms with E-state index in [-0.39, 0.29) is 17.9 Å². The van der Waals surface area contributed by atoms with Crippen LogP contribution in [0.3, 0.4) is 0 Å². The van der Waals surface area contributed by atoms with Crippen LogP contribution in [0.1, 0.15) is 27.2 Å². The van der Waals surface area contributed by atoms with Crippen molar-refractivity contribution in [3.8, 4) is 6.07 Å². The summed E-state index contributed by atoms with van der Waals surface area (Å²) < 4.78 is 0. The molecule has 0 radical (unpaired) electrons. The number of nitrogens with one attached hydrogen (secondary N) is 1. The van der Waals surface area contributed by atoms with Crippen LogP contribution in [0.15, 0.2) is 6.20 Å². The minimum absolute atomic E-state index is 0.143. The number of nitrogens with zero attached hydrogens (tertiary/aromatic N) is 5. The van der Waals surface area contributed by atoms with Crippen LogP contribution in [0.2, 0.25) is 0 Å². The molecule has 0 aliphatic heterocycles. The molecule has 8 nitrogen and oxygen atoms in total. The van der Waals surface area contributed by atoms with Crippen LogP contribution in [0, 0.1) is 27.4 Å². The molecule has 1 aromatic rings. The van der Waals surface area contributed by atoms with Gasteiger partial charge in [-0.2, -0.15) is 10.2 Å². The zero-order chi connectivity index (χ0) is 15.8. The standard InChI is InChI=1S/C13H20N6O2/c1-4-15-13-16-8-11(19(20)21)12(17-13)18(7-5-6-14)9-10(2)3/h8,10H,4-5,7,9H2,1-3H3,(H,15,16,17). The minimum Gasteiger partial charge on any atom is -0.354 e. The first-order chi connectivity index (χ1) is 9.99. The molecule has 1 aromatic heterocycles. The molecule has 114 valence electrons. The van der Waals surface area contributed by atoms with Gasteiger partial charge in [0.25, 0.3) is 0 Å². The summed E-state index contributed by atoms with van der Waals surface area (Å²) in [5, 5.41) is 22.9. The molecule has 0 bridgehead atoms. The Hall–Kier alpha value is -2.43. The number of anilines is 2. The van der Waals surface area contributed by atoms with E-state index in [1.165, 1.54) is 6.20 Å². The van der Waals surface area contributed by atoms with Crippen molar-refractivity contribution in [3.05, 3.63) is 16.3 Å². The molecule has 1 rings (SSSR count). The van der Waals surface area contributed by atoms with Crippen LogP contribution >= 0.6 is 0 Å². The van der Waals surface area contributed by atoms with E-state index in [1.54, 1.807) is 4.90 Å². The van der Waals surface area contributed by atoms with Gasteiger partial charge in [0.1, 0.15) is 6.20 Å². The van der Waals surface area contributed by atoms with Crippen molar-refractivity contribution < 1.29 is 4.92 Å². The van der Waals surface area contributed by atoms with E-state index in [0.717, 1.165) is 0 Å². The normalized spacial score (nSPS) is 10.2. The Morgan fingerprint density at radius 1 is 1.57 bits per heavy atom. The third-order valence-electron chi connectivity index (χ3n) is 2.66. The molecule has 0 aromatic carbocycles. The predicted molar refractivity (Wildman–Crippen MR) is 80.1 cm³/mol. The van der Waals surface area contributed by atoms with E-state index in [2.05, 4.69) is 21.4 Å². The summed E-state index contributed by atoms with van der Waals surface area (Å²) in [5.74, 6) is 0.902. The van der Waals surface area contributed by atoms with E-state index in [9.17, 15) is 10.1 Å². The van der Waals surface area contributed by atoms with Crippen molar-refractivity contribution in [2.75, 3.05) is 29.9 Å². The lowest BCUT2D eigenvalue weighted by Gasteiger charge is -2.24. The molecular formula is C13H20N6O2. The fraction of sp³-hybridized carbons (Fsp3) is 0.615. The second-order valence-corrected chi connectivity index (χ2v) is 4.94. The summed E-state index contributed by atoms with van der Waals surface area (Å²) >= 11 is 0. The number of hydrogen-bond acceptors (Lipinski definition) is 7. The van der Waals surface area contributed by atoms with E-state index in [4.69, 9.17) is 5.26 Å². The van der Waals surface area contributed by atoms with Gasteiger partial charge in [-0.15, -0.1) is 0 Å². The molecule has 0 saturated carbocycles. The van der Waals surface area contributed by atoms with Crippen molar-refractivity contribution in [1.82, 2.24) is 9.97 Å².